The van der Waals surface area contributed by atoms with Gasteiger partial charge in [0.25, 0.3) is 0 Å². The highest BCUT2D eigenvalue weighted by atomic mass is 15.2. The Morgan fingerprint density at radius 3 is 2.67 bits per heavy atom. The van der Waals surface area contributed by atoms with Crippen LogP contribution < -0.4 is 0 Å². The molecule has 1 heterocycles. The lowest BCUT2D eigenvalue weighted by Gasteiger charge is -2.45. The van der Waals surface area contributed by atoms with E-state index in [1.54, 1.807) is 0 Å². The first-order valence-electron chi connectivity index (χ1n) is 5.12. The van der Waals surface area contributed by atoms with E-state index in [1.807, 2.05) is 0 Å². The fraction of sp³-hybridized carbons (Fsp3) is 0.818. The summed E-state index contributed by atoms with van der Waals surface area (Å²) in [5.74, 6) is 1.06. The fourth-order valence-electron chi connectivity index (χ4n) is 2.13. The summed E-state index contributed by atoms with van der Waals surface area (Å²) in [6, 6.07) is 1.44. The average molecular weight is 165 g/mol. The number of nitrogens with zero attached hydrogens (tertiary/aromatic N) is 1. The molecule has 12 heavy (non-hydrogen) atoms. The molecule has 68 valence electrons. The molecule has 1 heteroatoms. The molecule has 2 fully saturated rings. The van der Waals surface area contributed by atoms with Crippen molar-refractivity contribution in [1.82, 2.24) is 4.90 Å². The second-order valence-electron chi connectivity index (χ2n) is 4.53. The number of hydrogen-bond donors (Lipinski definition) is 0. The molecule has 1 saturated heterocycles. The molecule has 0 radical (unpaired) electrons. The third-order valence-electron chi connectivity index (χ3n) is 3.41. The summed E-state index contributed by atoms with van der Waals surface area (Å²) < 4.78 is 0. The van der Waals surface area contributed by atoms with Gasteiger partial charge < -0.3 is 0 Å². The molecule has 1 aliphatic carbocycles. The second kappa shape index (κ2) is 2.88. The second-order valence-corrected chi connectivity index (χ2v) is 4.53. The normalized spacial score (nSPS) is 33.2. The van der Waals surface area contributed by atoms with Crippen LogP contribution in [0.2, 0.25) is 0 Å². The predicted octanol–water partition coefficient (Wildman–Crippen LogP) is 2.44. The van der Waals surface area contributed by atoms with E-state index in [-0.39, 0.29) is 0 Å². The molecule has 0 aromatic rings. The summed E-state index contributed by atoms with van der Waals surface area (Å²) in [5.41, 5.74) is 1.41. The minimum absolute atomic E-state index is 0.652. The quantitative estimate of drug-likeness (QED) is 0.581. The Labute approximate surface area is 75.4 Å². The van der Waals surface area contributed by atoms with Crippen molar-refractivity contribution in [3.63, 3.8) is 0 Å². The highest BCUT2D eigenvalue weighted by Crippen LogP contribution is 2.36. The van der Waals surface area contributed by atoms with Crippen molar-refractivity contribution in [2.24, 2.45) is 5.92 Å². The molecule has 1 nitrogen and oxygen atoms in total. The van der Waals surface area contributed by atoms with Gasteiger partial charge in [0.1, 0.15) is 0 Å². The van der Waals surface area contributed by atoms with Crippen molar-refractivity contribution >= 4 is 0 Å². The molecule has 2 unspecified atom stereocenters. The highest BCUT2D eigenvalue weighted by Gasteiger charge is 2.34. The van der Waals surface area contributed by atoms with Gasteiger partial charge in [0.2, 0.25) is 0 Å². The van der Waals surface area contributed by atoms with Crippen LogP contribution in [0.25, 0.3) is 0 Å². The van der Waals surface area contributed by atoms with Crippen LogP contribution in [0.15, 0.2) is 12.2 Å². The molecule has 1 saturated carbocycles. The van der Waals surface area contributed by atoms with Gasteiger partial charge >= 0.3 is 0 Å². The smallest absolute Gasteiger partial charge is 0.0295 e. The van der Waals surface area contributed by atoms with Crippen molar-refractivity contribution in [1.29, 1.82) is 0 Å². The molecule has 0 aromatic carbocycles. The van der Waals surface area contributed by atoms with Gasteiger partial charge in [-0.2, -0.15) is 0 Å². The lowest BCUT2D eigenvalue weighted by Crippen LogP contribution is -2.52. The zero-order valence-electron chi connectivity index (χ0n) is 8.21. The van der Waals surface area contributed by atoms with Gasteiger partial charge in [0, 0.05) is 18.6 Å². The van der Waals surface area contributed by atoms with Crippen LogP contribution in [0.5, 0.6) is 0 Å². The maximum absolute atomic E-state index is 4.03. The van der Waals surface area contributed by atoms with Gasteiger partial charge in [-0.25, -0.2) is 0 Å². The lowest BCUT2D eigenvalue weighted by molar-refractivity contribution is 0.114. The number of rotatable bonds is 3. The van der Waals surface area contributed by atoms with Crippen LogP contribution in [0.4, 0.5) is 0 Å². The molecule has 1 aliphatic heterocycles. The number of likely N-dealkylation sites (tertiary alicyclic amines) is 1. The Hall–Kier alpha value is -0.300. The average Bonchev–Trinajstić information content (AvgIpc) is 2.82. The first-order chi connectivity index (χ1) is 5.68. The summed E-state index contributed by atoms with van der Waals surface area (Å²) >= 11 is 0. The molecular weight excluding hydrogens is 146 g/mol. The molecule has 0 bridgehead atoms. The maximum atomic E-state index is 4.03. The molecule has 0 spiro atoms. The van der Waals surface area contributed by atoms with Crippen LogP contribution in [0.3, 0.4) is 0 Å². The zero-order chi connectivity index (χ0) is 8.72. The van der Waals surface area contributed by atoms with E-state index in [1.165, 1.54) is 24.8 Å². The summed E-state index contributed by atoms with van der Waals surface area (Å²) in [6.07, 6.45) is 4.37. The van der Waals surface area contributed by atoms with Gasteiger partial charge in [0.05, 0.1) is 0 Å². The highest BCUT2D eigenvalue weighted by molar-refractivity contribution is 5.17. The van der Waals surface area contributed by atoms with E-state index in [9.17, 15) is 0 Å². The van der Waals surface area contributed by atoms with Crippen LogP contribution >= 0.6 is 0 Å². The van der Waals surface area contributed by atoms with Crippen LogP contribution in [0.1, 0.15) is 33.1 Å². The van der Waals surface area contributed by atoms with E-state index in [4.69, 9.17) is 0 Å². The zero-order valence-corrected chi connectivity index (χ0v) is 8.21. The fourth-order valence-corrected chi connectivity index (χ4v) is 2.13. The predicted molar refractivity (Wildman–Crippen MR) is 52.1 cm³/mol. The monoisotopic (exact) mass is 165 g/mol. The first-order valence-corrected chi connectivity index (χ1v) is 5.12. The lowest BCUT2D eigenvalue weighted by atomic mass is 9.95. The molecule has 2 rings (SSSR count). The first kappa shape index (κ1) is 8.31. The van der Waals surface area contributed by atoms with Crippen LogP contribution in [0, 0.1) is 5.92 Å². The van der Waals surface area contributed by atoms with Crippen molar-refractivity contribution in [2.75, 3.05) is 6.54 Å². The van der Waals surface area contributed by atoms with Gasteiger partial charge in [-0.05, 0) is 31.8 Å². The summed E-state index contributed by atoms with van der Waals surface area (Å²) in [7, 11) is 0. The van der Waals surface area contributed by atoms with Gasteiger partial charge in [-0.3, -0.25) is 4.90 Å². The minimum Gasteiger partial charge on any atom is -0.290 e. The van der Waals surface area contributed by atoms with E-state index in [0.717, 1.165) is 18.5 Å². The van der Waals surface area contributed by atoms with Crippen molar-refractivity contribution in [3.8, 4) is 0 Å². The Bertz CT molecular complexity index is 193. The van der Waals surface area contributed by atoms with Crippen LogP contribution in [-0.2, 0) is 0 Å². The van der Waals surface area contributed by atoms with Crippen LogP contribution in [-0.4, -0.2) is 23.5 Å². The van der Waals surface area contributed by atoms with Gasteiger partial charge in [-0.1, -0.05) is 19.4 Å². The molecule has 0 aromatic heterocycles. The van der Waals surface area contributed by atoms with Crippen molar-refractivity contribution in [3.05, 3.63) is 12.2 Å². The SMILES string of the molecule is C=C1CN(C(C)CC2CC2)C1C. The molecule has 0 N–H and O–H groups in total. The van der Waals surface area contributed by atoms with Crippen molar-refractivity contribution in [2.45, 2.75) is 45.2 Å². The van der Waals surface area contributed by atoms with Crippen molar-refractivity contribution < 1.29 is 0 Å². The third-order valence-corrected chi connectivity index (χ3v) is 3.41. The Balaban J connectivity index is 1.79. The van der Waals surface area contributed by atoms with E-state index in [2.05, 4.69) is 25.3 Å². The third kappa shape index (κ3) is 1.42. The largest absolute Gasteiger partial charge is 0.290 e. The maximum Gasteiger partial charge on any atom is 0.0295 e. The topological polar surface area (TPSA) is 3.24 Å². The molecule has 2 aliphatic rings. The summed E-state index contributed by atoms with van der Waals surface area (Å²) in [4.78, 5) is 2.57. The molecule has 2 atom stereocenters. The van der Waals surface area contributed by atoms with Gasteiger partial charge in [0.15, 0.2) is 0 Å². The Morgan fingerprint density at radius 2 is 2.25 bits per heavy atom. The Kier molecular flexibility index (Phi) is 1.99. The summed E-state index contributed by atoms with van der Waals surface area (Å²) in [5, 5.41) is 0. The minimum atomic E-state index is 0.652. The Morgan fingerprint density at radius 1 is 1.58 bits per heavy atom. The van der Waals surface area contributed by atoms with Gasteiger partial charge in [-0.15, -0.1) is 0 Å². The van der Waals surface area contributed by atoms with E-state index in [0.29, 0.717) is 6.04 Å². The molecule has 0 amide bonds. The molecular formula is C11H19N. The van der Waals surface area contributed by atoms with E-state index < -0.39 is 0 Å². The van der Waals surface area contributed by atoms with E-state index >= 15 is 0 Å². The standard InChI is InChI=1S/C11H19N/c1-8-7-12(10(8)3)9(2)6-11-4-5-11/h9-11H,1,4-7H2,2-3H3. The number of hydrogen-bond acceptors (Lipinski definition) is 1. The summed E-state index contributed by atoms with van der Waals surface area (Å²) in [6.45, 7) is 9.81.